The summed E-state index contributed by atoms with van der Waals surface area (Å²) in [5.41, 5.74) is 0.567. The Hall–Kier alpha value is -1.36. The number of unbranched alkanes of at least 4 members (excludes halogenated alkanes) is 1. The highest BCUT2D eigenvalue weighted by Gasteiger charge is 2.19. The second-order valence-electron chi connectivity index (χ2n) is 5.76. The van der Waals surface area contributed by atoms with Crippen molar-refractivity contribution < 1.29 is 8.78 Å². The minimum atomic E-state index is -0.819. The highest BCUT2D eigenvalue weighted by atomic mass is 19.2. The molecule has 20 heavy (non-hydrogen) atoms. The van der Waals surface area contributed by atoms with Gasteiger partial charge >= 0.3 is 0 Å². The van der Waals surface area contributed by atoms with Crippen molar-refractivity contribution in [2.75, 3.05) is 0 Å². The third kappa shape index (κ3) is 4.34. The van der Waals surface area contributed by atoms with Crippen molar-refractivity contribution in [1.82, 2.24) is 0 Å². The van der Waals surface area contributed by atoms with Crippen LogP contribution in [0.4, 0.5) is 8.78 Å². The van der Waals surface area contributed by atoms with Crippen molar-refractivity contribution in [3.63, 3.8) is 0 Å². The van der Waals surface area contributed by atoms with E-state index >= 15 is 0 Å². The fraction of sp³-hybridized carbons (Fsp3) is 0.556. The van der Waals surface area contributed by atoms with E-state index in [1.54, 1.807) is 0 Å². The average Bonchev–Trinajstić information content (AvgIpc) is 2.47. The molecule has 0 amide bonds. The monoisotopic (exact) mass is 276 g/mol. The fourth-order valence-electron chi connectivity index (χ4n) is 2.85. The van der Waals surface area contributed by atoms with Crippen LogP contribution >= 0.6 is 0 Å². The Balaban J connectivity index is 1.86. The van der Waals surface area contributed by atoms with Gasteiger partial charge in [0.05, 0.1) is 0 Å². The van der Waals surface area contributed by atoms with E-state index in [0.717, 1.165) is 24.8 Å². The first-order chi connectivity index (χ1) is 9.69. The van der Waals surface area contributed by atoms with Gasteiger partial charge in [0, 0.05) is 11.5 Å². The summed E-state index contributed by atoms with van der Waals surface area (Å²) < 4.78 is 25.9. The Labute approximate surface area is 120 Å². The largest absolute Gasteiger partial charge is 0.204 e. The lowest BCUT2D eigenvalue weighted by Crippen LogP contribution is -2.13. The van der Waals surface area contributed by atoms with E-state index < -0.39 is 11.6 Å². The van der Waals surface area contributed by atoms with Crippen LogP contribution in [-0.2, 0) is 0 Å². The van der Waals surface area contributed by atoms with E-state index in [9.17, 15) is 8.78 Å². The molecule has 1 aliphatic carbocycles. The van der Waals surface area contributed by atoms with Crippen molar-refractivity contribution in [3.8, 4) is 11.8 Å². The van der Waals surface area contributed by atoms with Gasteiger partial charge in [-0.3, -0.25) is 0 Å². The first-order valence-electron chi connectivity index (χ1n) is 7.65. The molecule has 0 aliphatic heterocycles. The molecule has 1 aromatic rings. The summed E-state index contributed by atoms with van der Waals surface area (Å²) in [4.78, 5) is 0. The molecule has 0 atom stereocenters. The van der Waals surface area contributed by atoms with Gasteiger partial charge < -0.3 is 0 Å². The predicted octanol–water partition coefficient (Wildman–Crippen LogP) is 5.31. The van der Waals surface area contributed by atoms with E-state index in [0.29, 0.717) is 11.5 Å². The molecule has 108 valence electrons. The van der Waals surface area contributed by atoms with Gasteiger partial charge in [-0.2, -0.15) is 0 Å². The molecule has 0 N–H and O–H groups in total. The summed E-state index contributed by atoms with van der Waals surface area (Å²) in [6.45, 7) is 2.24. The molecular weight excluding hydrogens is 254 g/mol. The molecule has 0 bridgehead atoms. The molecule has 1 saturated carbocycles. The molecule has 1 aliphatic rings. The van der Waals surface area contributed by atoms with Gasteiger partial charge in [0.25, 0.3) is 0 Å². The number of hydrogen-bond acceptors (Lipinski definition) is 0. The topological polar surface area (TPSA) is 0 Å². The zero-order chi connectivity index (χ0) is 14.4. The highest BCUT2D eigenvalue weighted by molar-refractivity contribution is 5.35. The number of benzene rings is 1. The lowest BCUT2D eigenvalue weighted by Gasteiger charge is -2.25. The molecule has 0 radical (unpaired) electrons. The van der Waals surface area contributed by atoms with E-state index in [4.69, 9.17) is 0 Å². The van der Waals surface area contributed by atoms with Gasteiger partial charge in [-0.05, 0) is 49.8 Å². The smallest absolute Gasteiger partial charge is 0.160 e. The van der Waals surface area contributed by atoms with Gasteiger partial charge in [-0.15, -0.1) is 0 Å². The Morgan fingerprint density at radius 2 is 1.85 bits per heavy atom. The normalized spacial score (nSPS) is 22.1. The molecule has 0 heterocycles. The zero-order valence-electron chi connectivity index (χ0n) is 12.1. The van der Waals surface area contributed by atoms with Crippen molar-refractivity contribution >= 4 is 0 Å². The summed E-state index contributed by atoms with van der Waals surface area (Å²) in [7, 11) is 0. The van der Waals surface area contributed by atoms with E-state index in [1.807, 2.05) is 0 Å². The molecule has 0 saturated heterocycles. The maximum Gasteiger partial charge on any atom is 0.160 e. The van der Waals surface area contributed by atoms with Crippen LogP contribution in [0.1, 0.15) is 57.4 Å². The van der Waals surface area contributed by atoms with Crippen LogP contribution < -0.4 is 0 Å². The fourth-order valence-corrected chi connectivity index (χ4v) is 2.85. The second-order valence-corrected chi connectivity index (χ2v) is 5.76. The van der Waals surface area contributed by atoms with Crippen LogP contribution in [0.2, 0.25) is 0 Å². The lowest BCUT2D eigenvalue weighted by atomic mass is 9.80. The number of halogens is 2. The van der Waals surface area contributed by atoms with Crippen LogP contribution in [0.15, 0.2) is 18.2 Å². The Morgan fingerprint density at radius 1 is 1.10 bits per heavy atom. The van der Waals surface area contributed by atoms with Crippen molar-refractivity contribution in [2.45, 2.75) is 51.9 Å². The van der Waals surface area contributed by atoms with Gasteiger partial charge in [0.2, 0.25) is 0 Å². The molecule has 2 rings (SSSR count). The molecule has 0 unspecified atom stereocenters. The Kier molecular flexibility index (Phi) is 5.59. The summed E-state index contributed by atoms with van der Waals surface area (Å²) in [6, 6.07) is 3.86. The van der Waals surface area contributed by atoms with Crippen LogP contribution in [0.25, 0.3) is 0 Å². The maximum atomic E-state index is 13.1. The van der Waals surface area contributed by atoms with Crippen LogP contribution in [-0.4, -0.2) is 0 Å². The minimum absolute atomic E-state index is 0.418. The lowest BCUT2D eigenvalue weighted by molar-refractivity contribution is 0.296. The zero-order valence-corrected chi connectivity index (χ0v) is 12.1. The van der Waals surface area contributed by atoms with Crippen LogP contribution in [0.5, 0.6) is 0 Å². The SMILES string of the molecule is CCCC[C@H]1CC[C@H](C#Cc2ccc(F)c(F)c2)CC1. The summed E-state index contributed by atoms with van der Waals surface area (Å²) >= 11 is 0. The maximum absolute atomic E-state index is 13.1. The molecule has 1 aromatic carbocycles. The van der Waals surface area contributed by atoms with Gasteiger partial charge in [-0.1, -0.05) is 38.0 Å². The summed E-state index contributed by atoms with van der Waals surface area (Å²) in [5, 5.41) is 0. The van der Waals surface area contributed by atoms with Gasteiger partial charge in [-0.25, -0.2) is 8.78 Å². The highest BCUT2D eigenvalue weighted by Crippen LogP contribution is 2.31. The first-order valence-corrected chi connectivity index (χ1v) is 7.65. The van der Waals surface area contributed by atoms with E-state index in [-0.39, 0.29) is 0 Å². The summed E-state index contributed by atoms with van der Waals surface area (Å²) in [5.74, 6) is 5.86. The molecule has 0 nitrogen and oxygen atoms in total. The number of rotatable bonds is 3. The molecule has 0 aromatic heterocycles. The average molecular weight is 276 g/mol. The molecular formula is C18H22F2. The second kappa shape index (κ2) is 7.43. The Bertz CT molecular complexity index is 488. The van der Waals surface area contributed by atoms with Crippen LogP contribution in [0.3, 0.4) is 0 Å². The summed E-state index contributed by atoms with van der Waals surface area (Å²) in [6.07, 6.45) is 8.76. The first kappa shape index (κ1) is 15.0. The van der Waals surface area contributed by atoms with Crippen LogP contribution in [0, 0.1) is 35.3 Å². The predicted molar refractivity (Wildman–Crippen MR) is 78.2 cm³/mol. The Morgan fingerprint density at radius 3 is 2.50 bits per heavy atom. The standard InChI is InChI=1S/C18H22F2/c1-2-3-4-14-5-7-15(8-6-14)9-10-16-11-12-17(19)18(20)13-16/h11-15H,2-8H2,1H3/t14-,15-. The molecule has 2 heteroatoms. The van der Waals surface area contributed by atoms with Gasteiger partial charge in [0.15, 0.2) is 11.6 Å². The van der Waals surface area contributed by atoms with E-state index in [1.165, 1.54) is 44.2 Å². The quantitative estimate of drug-likeness (QED) is 0.656. The third-order valence-electron chi connectivity index (χ3n) is 4.15. The number of hydrogen-bond donors (Lipinski definition) is 0. The third-order valence-corrected chi connectivity index (χ3v) is 4.15. The van der Waals surface area contributed by atoms with E-state index in [2.05, 4.69) is 18.8 Å². The van der Waals surface area contributed by atoms with Crippen molar-refractivity contribution in [2.24, 2.45) is 11.8 Å². The van der Waals surface area contributed by atoms with Gasteiger partial charge in [0.1, 0.15) is 0 Å². The molecule has 1 fully saturated rings. The minimum Gasteiger partial charge on any atom is -0.204 e. The van der Waals surface area contributed by atoms with Crippen molar-refractivity contribution in [3.05, 3.63) is 35.4 Å². The molecule has 0 spiro atoms. The van der Waals surface area contributed by atoms with Crippen molar-refractivity contribution in [1.29, 1.82) is 0 Å².